The number of aliphatic hydroxyl groups is 1. The Morgan fingerprint density at radius 3 is 0.703 bits per heavy atom. The summed E-state index contributed by atoms with van der Waals surface area (Å²) in [6, 6.07) is 0. The molecule has 0 saturated heterocycles. The molecule has 0 aliphatic rings. The maximum Gasteiger partial charge on any atom is 0.472 e. The van der Waals surface area contributed by atoms with Gasteiger partial charge in [-0.2, -0.15) is 0 Å². The van der Waals surface area contributed by atoms with Crippen LogP contribution in [0.2, 0.25) is 0 Å². The van der Waals surface area contributed by atoms with Gasteiger partial charge in [-0.15, -0.1) is 0 Å². The molecule has 8 atom stereocenters. The number of carbonyl (C=O) groups is 4. The number of unbranched alkanes of at least 4 members (excludes halogenated alkanes) is 42. The fourth-order valence-corrected chi connectivity index (χ4v) is 14.1. The van der Waals surface area contributed by atoms with Gasteiger partial charge in [0.25, 0.3) is 0 Å². The smallest absolute Gasteiger partial charge is 0.462 e. The van der Waals surface area contributed by atoms with Gasteiger partial charge in [0.2, 0.25) is 0 Å². The highest BCUT2D eigenvalue weighted by molar-refractivity contribution is 7.47. The van der Waals surface area contributed by atoms with Crippen LogP contribution in [-0.4, -0.2) is 96.7 Å². The summed E-state index contributed by atoms with van der Waals surface area (Å²) >= 11 is 0. The molecule has 0 aromatic heterocycles. The molecule has 0 rings (SSSR count). The lowest BCUT2D eigenvalue weighted by atomic mass is 9.99. The molecule has 0 radical (unpaired) electrons. The fraction of sp³-hybridized carbons (Fsp3) is 0.951. The maximum absolute atomic E-state index is 13.1. The summed E-state index contributed by atoms with van der Waals surface area (Å²) in [6.45, 7) is 14.3. The van der Waals surface area contributed by atoms with Crippen molar-refractivity contribution in [3.63, 3.8) is 0 Å². The highest BCUT2D eigenvalue weighted by Gasteiger charge is 2.30. The summed E-state index contributed by atoms with van der Waals surface area (Å²) in [7, 11) is -9.92. The zero-order valence-corrected chi connectivity index (χ0v) is 68.3. The number of ether oxygens (including phenoxy) is 4. The van der Waals surface area contributed by atoms with Gasteiger partial charge in [-0.25, -0.2) is 9.13 Å². The molecule has 0 saturated carbocycles. The summed E-state index contributed by atoms with van der Waals surface area (Å²) in [5.41, 5.74) is 0. The van der Waals surface area contributed by atoms with E-state index in [9.17, 15) is 43.2 Å². The zero-order valence-electron chi connectivity index (χ0n) is 66.5. The van der Waals surface area contributed by atoms with Crippen LogP contribution in [0.4, 0.5) is 0 Å². The van der Waals surface area contributed by atoms with Crippen molar-refractivity contribution in [3.8, 4) is 0 Å². The first-order valence-corrected chi connectivity index (χ1v) is 45.3. The molecule has 0 amide bonds. The van der Waals surface area contributed by atoms with E-state index in [1.807, 2.05) is 0 Å². The van der Waals surface area contributed by atoms with Crippen LogP contribution < -0.4 is 0 Å². The van der Waals surface area contributed by atoms with E-state index in [2.05, 4.69) is 55.4 Å². The average Bonchev–Trinajstić information content (AvgIpc) is 0.998. The van der Waals surface area contributed by atoms with Crippen LogP contribution in [0.15, 0.2) is 0 Å². The summed E-state index contributed by atoms with van der Waals surface area (Å²) in [4.78, 5) is 73.0. The number of hydrogen-bond donors (Lipinski definition) is 3. The van der Waals surface area contributed by atoms with Gasteiger partial charge in [0.1, 0.15) is 19.3 Å². The van der Waals surface area contributed by atoms with Crippen LogP contribution in [0, 0.1) is 23.7 Å². The lowest BCUT2D eigenvalue weighted by Crippen LogP contribution is -2.30. The molecule has 0 bridgehead atoms. The Bertz CT molecular complexity index is 1980. The lowest BCUT2D eigenvalue weighted by Gasteiger charge is -2.21. The SMILES string of the molecule is CCC(C)CCCCCCCCCCCCCCCCCCCCC(=O)O[C@H](COC(=O)CCCCCCCCCCCCCCCCC(C)CC)COP(=O)(O)OC[C@@H](O)COP(=O)(O)OC[C@@H](COC(=O)CCCCCCCCC(C)C)OC(=O)CCCCCCCCCCC(C)CC. The van der Waals surface area contributed by atoms with Crippen molar-refractivity contribution in [1.82, 2.24) is 0 Å². The molecule has 19 heteroatoms. The molecule has 5 unspecified atom stereocenters. The predicted molar refractivity (Wildman–Crippen MR) is 414 cm³/mol. The minimum atomic E-state index is -4.96. The van der Waals surface area contributed by atoms with E-state index in [4.69, 9.17) is 37.0 Å². The second-order valence-corrected chi connectivity index (χ2v) is 33.6. The van der Waals surface area contributed by atoms with Crippen molar-refractivity contribution < 1.29 is 80.2 Å². The zero-order chi connectivity index (χ0) is 74.6. The van der Waals surface area contributed by atoms with Crippen molar-refractivity contribution in [2.45, 2.75) is 440 Å². The Balaban J connectivity index is 5.21. The van der Waals surface area contributed by atoms with Crippen molar-refractivity contribution >= 4 is 39.5 Å². The van der Waals surface area contributed by atoms with Gasteiger partial charge < -0.3 is 33.8 Å². The molecular weight excluding hydrogens is 1320 g/mol. The molecule has 0 aliphatic heterocycles. The Labute approximate surface area is 619 Å². The quantitative estimate of drug-likeness (QED) is 0.0222. The van der Waals surface area contributed by atoms with Gasteiger partial charge >= 0.3 is 39.5 Å². The average molecular weight is 1480 g/mol. The summed E-state index contributed by atoms with van der Waals surface area (Å²) in [6.07, 6.45) is 58.4. The minimum absolute atomic E-state index is 0.104. The second kappa shape index (κ2) is 71.0. The van der Waals surface area contributed by atoms with E-state index in [-0.39, 0.29) is 25.7 Å². The standard InChI is InChI=1S/C82H160O17P2/c1-9-73(6)59-51-43-34-28-24-20-16-14-12-13-15-17-23-27-31-38-48-56-64-81(86)98-77(68-92-79(84)62-54-46-37-30-26-22-19-18-21-25-29-35-44-52-60-74(7)10-2)70-96-100(88,89)94-66-76(83)67-95-101(90,91)97-71-78(69-93-80(85)63-55-47-41-40-42-50-58-72(4)5)99-82(87)65-57-49-39-33-32-36-45-53-61-75(8)11-3/h72-78,83H,9-71H2,1-8H3,(H,88,89)(H,90,91)/t73?,74?,75?,76-,77-,78-/m1/s1. The highest BCUT2D eigenvalue weighted by Crippen LogP contribution is 2.45. The van der Waals surface area contributed by atoms with E-state index in [1.54, 1.807) is 0 Å². The van der Waals surface area contributed by atoms with Crippen LogP contribution in [0.3, 0.4) is 0 Å². The number of rotatable bonds is 79. The van der Waals surface area contributed by atoms with Gasteiger partial charge in [0.05, 0.1) is 26.4 Å². The first-order chi connectivity index (χ1) is 48.7. The van der Waals surface area contributed by atoms with Crippen LogP contribution in [-0.2, 0) is 65.4 Å². The molecule has 101 heavy (non-hydrogen) atoms. The van der Waals surface area contributed by atoms with E-state index >= 15 is 0 Å². The van der Waals surface area contributed by atoms with Gasteiger partial charge in [-0.3, -0.25) is 37.3 Å². The third-order valence-electron chi connectivity index (χ3n) is 20.2. The second-order valence-electron chi connectivity index (χ2n) is 30.7. The molecule has 17 nitrogen and oxygen atoms in total. The molecule has 0 fully saturated rings. The summed E-state index contributed by atoms with van der Waals surface area (Å²) in [5, 5.41) is 10.6. The Hall–Kier alpha value is -1.94. The van der Waals surface area contributed by atoms with Crippen LogP contribution >= 0.6 is 15.6 Å². The molecule has 0 spiro atoms. The monoisotopic (exact) mass is 1480 g/mol. The van der Waals surface area contributed by atoms with Gasteiger partial charge in [-0.05, 0) is 49.4 Å². The van der Waals surface area contributed by atoms with Crippen molar-refractivity contribution in [2.75, 3.05) is 39.6 Å². The van der Waals surface area contributed by atoms with Crippen LogP contribution in [0.5, 0.6) is 0 Å². The van der Waals surface area contributed by atoms with Gasteiger partial charge in [-0.1, -0.05) is 370 Å². The van der Waals surface area contributed by atoms with E-state index < -0.39 is 97.5 Å². The highest BCUT2D eigenvalue weighted by atomic mass is 31.2. The van der Waals surface area contributed by atoms with E-state index in [1.165, 1.54) is 218 Å². The van der Waals surface area contributed by atoms with Crippen LogP contribution in [0.25, 0.3) is 0 Å². The molecular formula is C82H160O17P2. The van der Waals surface area contributed by atoms with Gasteiger partial charge in [0.15, 0.2) is 12.2 Å². The number of phosphoric acid groups is 2. The number of esters is 4. The molecule has 0 aromatic rings. The van der Waals surface area contributed by atoms with Crippen molar-refractivity contribution in [3.05, 3.63) is 0 Å². The molecule has 0 aromatic carbocycles. The first kappa shape index (κ1) is 99.1. The Morgan fingerprint density at radius 1 is 0.277 bits per heavy atom. The normalized spacial score (nSPS) is 14.8. The maximum atomic E-state index is 13.1. The number of aliphatic hydroxyl groups excluding tert-OH is 1. The first-order valence-electron chi connectivity index (χ1n) is 42.3. The van der Waals surface area contributed by atoms with Crippen molar-refractivity contribution in [1.29, 1.82) is 0 Å². The molecule has 3 N–H and O–H groups in total. The molecule has 600 valence electrons. The summed E-state index contributed by atoms with van der Waals surface area (Å²) < 4.78 is 68.7. The van der Waals surface area contributed by atoms with Crippen molar-refractivity contribution in [2.24, 2.45) is 23.7 Å². The van der Waals surface area contributed by atoms with Crippen LogP contribution in [0.1, 0.15) is 421 Å². The third kappa shape index (κ3) is 72.1. The number of hydrogen-bond acceptors (Lipinski definition) is 15. The Kier molecular flexibility index (Phi) is 69.6. The predicted octanol–water partition coefficient (Wildman–Crippen LogP) is 24.4. The lowest BCUT2D eigenvalue weighted by molar-refractivity contribution is -0.161. The fourth-order valence-electron chi connectivity index (χ4n) is 12.5. The third-order valence-corrected chi connectivity index (χ3v) is 22.1. The summed E-state index contributed by atoms with van der Waals surface area (Å²) in [5.74, 6) is 1.05. The number of carbonyl (C=O) groups excluding carboxylic acids is 4. The molecule has 0 heterocycles. The largest absolute Gasteiger partial charge is 0.472 e. The number of phosphoric ester groups is 2. The van der Waals surface area contributed by atoms with Gasteiger partial charge in [0, 0.05) is 25.7 Å². The minimum Gasteiger partial charge on any atom is -0.462 e. The van der Waals surface area contributed by atoms with E-state index in [0.717, 1.165) is 114 Å². The molecule has 0 aliphatic carbocycles. The van der Waals surface area contributed by atoms with E-state index in [0.29, 0.717) is 31.6 Å². The Morgan fingerprint density at radius 2 is 0.475 bits per heavy atom. The topological polar surface area (TPSA) is 237 Å².